The summed E-state index contributed by atoms with van der Waals surface area (Å²) in [6.45, 7) is 10.0. The van der Waals surface area contributed by atoms with Crippen LogP contribution >= 0.6 is 0 Å². The zero-order chi connectivity index (χ0) is 30.7. The van der Waals surface area contributed by atoms with Gasteiger partial charge in [-0.25, -0.2) is 4.79 Å². The van der Waals surface area contributed by atoms with Gasteiger partial charge in [0.15, 0.2) is 12.4 Å². The number of aryl methyl sites for hydroxylation is 1. The van der Waals surface area contributed by atoms with E-state index in [4.69, 9.17) is 18.7 Å². The first-order chi connectivity index (χ1) is 20.4. The number of hydrogen-bond acceptors (Lipinski definition) is 10. The number of carbonyl (C=O) groups is 2. The van der Waals surface area contributed by atoms with Crippen molar-refractivity contribution in [2.24, 2.45) is 34.0 Å². The number of benzene rings is 1. The summed E-state index contributed by atoms with van der Waals surface area (Å²) in [4.78, 5) is 31.5. The first-order valence-electron chi connectivity index (χ1n) is 15.3. The van der Waals surface area contributed by atoms with Crippen LogP contribution < -0.4 is 10.2 Å². The monoisotopic (exact) mass is 592 g/mol. The Balaban J connectivity index is 1.33. The lowest BCUT2D eigenvalue weighted by Gasteiger charge is -2.61. The van der Waals surface area contributed by atoms with Crippen LogP contribution in [-0.2, 0) is 25.6 Å². The van der Waals surface area contributed by atoms with Gasteiger partial charge in [0, 0.05) is 29.2 Å². The fourth-order valence-corrected chi connectivity index (χ4v) is 8.72. The number of nitrogens with zero attached hydrogens (tertiary/aromatic N) is 2. The molecule has 0 saturated heterocycles. The summed E-state index contributed by atoms with van der Waals surface area (Å²) in [5.41, 5.74) is -0.362. The lowest BCUT2D eigenvalue weighted by atomic mass is 9.44. The van der Waals surface area contributed by atoms with Gasteiger partial charge in [0.1, 0.15) is 17.6 Å². The number of Topliss-reactive ketones (excluding diaryl/α,β-unsaturated/α-hetero) is 1. The predicted octanol–water partition coefficient (Wildman–Crippen LogP) is 3.41. The van der Waals surface area contributed by atoms with E-state index in [1.165, 1.54) is 0 Å². The number of fused-ring (bicyclic) bond motifs is 1. The highest BCUT2D eigenvalue weighted by molar-refractivity contribution is 6.61. The van der Waals surface area contributed by atoms with Crippen LogP contribution in [-0.4, -0.2) is 58.0 Å². The molecule has 10 nitrogen and oxygen atoms in total. The highest BCUT2D eigenvalue weighted by atomic mass is 16.6. The molecule has 4 aliphatic rings. The maximum atomic E-state index is 13.7. The van der Waals surface area contributed by atoms with Crippen molar-refractivity contribution in [3.8, 4) is 5.75 Å². The summed E-state index contributed by atoms with van der Waals surface area (Å²) in [6, 6.07) is 5.21. The maximum Gasteiger partial charge on any atom is 0.491 e. The van der Waals surface area contributed by atoms with Gasteiger partial charge in [-0.15, -0.1) is 0 Å². The maximum absolute atomic E-state index is 13.7. The molecule has 2 N–H and O–H groups in total. The van der Waals surface area contributed by atoms with Crippen LogP contribution in [0.1, 0.15) is 77.1 Å². The molecule has 0 unspecified atom stereocenters. The van der Waals surface area contributed by atoms with Crippen molar-refractivity contribution >= 4 is 30.4 Å². The van der Waals surface area contributed by atoms with Crippen molar-refractivity contribution in [1.29, 1.82) is 0 Å². The largest absolute Gasteiger partial charge is 0.491 e. The van der Waals surface area contributed by atoms with Gasteiger partial charge < -0.3 is 28.8 Å². The van der Waals surface area contributed by atoms with Gasteiger partial charge >= 0.3 is 13.1 Å². The van der Waals surface area contributed by atoms with Crippen molar-refractivity contribution < 1.29 is 38.4 Å². The second-order valence-corrected chi connectivity index (χ2v) is 13.7. The fraction of sp³-hybridized carbons (Fsp3) is 0.625. The van der Waals surface area contributed by atoms with Crippen LogP contribution in [0, 0.1) is 40.9 Å². The molecule has 2 bridgehead atoms. The number of carbonyl (C=O) groups excluding carboxylic acids is 2. The van der Waals surface area contributed by atoms with Crippen molar-refractivity contribution in [3.05, 3.63) is 41.6 Å². The summed E-state index contributed by atoms with van der Waals surface area (Å²) in [5, 5.41) is 26.0. The molecule has 2 aromatic rings. The molecule has 1 aliphatic heterocycles. The number of aliphatic hydroxyl groups is 1. The van der Waals surface area contributed by atoms with E-state index in [1.54, 1.807) is 25.1 Å². The number of esters is 1. The van der Waals surface area contributed by atoms with E-state index in [0.717, 1.165) is 24.8 Å². The number of rotatable bonds is 6. The molecule has 8 atom stereocenters. The van der Waals surface area contributed by atoms with Gasteiger partial charge in [-0.1, -0.05) is 45.0 Å². The number of ketones is 1. The highest BCUT2D eigenvalue weighted by Crippen LogP contribution is 2.68. The molecule has 6 rings (SSSR count). The minimum atomic E-state index is -1.02. The Bertz CT molecular complexity index is 1440. The van der Waals surface area contributed by atoms with E-state index in [1.807, 2.05) is 19.1 Å². The van der Waals surface area contributed by atoms with Gasteiger partial charge in [-0.3, -0.25) is 4.79 Å². The third-order valence-electron chi connectivity index (χ3n) is 11.4. The third kappa shape index (κ3) is 4.93. The van der Waals surface area contributed by atoms with Crippen LogP contribution in [0.25, 0.3) is 6.08 Å². The van der Waals surface area contributed by atoms with Crippen LogP contribution in [0.4, 0.5) is 0 Å². The zero-order valence-electron chi connectivity index (χ0n) is 25.5. The molecule has 0 spiro atoms. The van der Waals surface area contributed by atoms with Crippen LogP contribution in [0.3, 0.4) is 0 Å². The molecule has 1 aromatic carbocycles. The molecule has 3 saturated carbocycles. The fourth-order valence-electron chi connectivity index (χ4n) is 8.72. The van der Waals surface area contributed by atoms with E-state index < -0.39 is 36.1 Å². The Kier molecular flexibility index (Phi) is 7.58. The minimum absolute atomic E-state index is 0.110. The molecule has 0 radical (unpaired) electrons. The predicted molar refractivity (Wildman–Crippen MR) is 157 cm³/mol. The second-order valence-electron chi connectivity index (χ2n) is 13.7. The van der Waals surface area contributed by atoms with Crippen molar-refractivity contribution in [2.75, 3.05) is 6.61 Å². The third-order valence-corrected chi connectivity index (χ3v) is 11.4. The molecule has 1 aromatic heterocycles. The van der Waals surface area contributed by atoms with Crippen LogP contribution in [0.2, 0.25) is 0 Å². The SMILES string of the molecule is Cc1noc(/C=C/[C@]2(C)C[C@@H](OC(=O)COc3ccc4c(c3)B(O)OC4)[C@]3(C)[C@H](C)CC[C@]4(CCC(=O)[C@H]43)[C@@H](C)[C@@H]2O)n1. The van der Waals surface area contributed by atoms with E-state index >= 15 is 0 Å². The smallest absolute Gasteiger partial charge is 0.482 e. The van der Waals surface area contributed by atoms with Gasteiger partial charge in [-0.05, 0) is 73.0 Å². The highest BCUT2D eigenvalue weighted by Gasteiger charge is 2.68. The van der Waals surface area contributed by atoms with E-state index in [-0.39, 0.29) is 35.6 Å². The van der Waals surface area contributed by atoms with Gasteiger partial charge in [0.2, 0.25) is 5.89 Å². The molecule has 3 fully saturated rings. The molecule has 3 aliphatic carbocycles. The number of ether oxygens (including phenoxy) is 2. The Morgan fingerprint density at radius 3 is 2.79 bits per heavy atom. The topological polar surface area (TPSA) is 141 Å². The van der Waals surface area contributed by atoms with E-state index in [9.17, 15) is 19.7 Å². The normalized spacial score (nSPS) is 37.1. The Morgan fingerprint density at radius 2 is 2.05 bits per heavy atom. The minimum Gasteiger partial charge on any atom is -0.482 e. The molecular weight excluding hydrogens is 551 g/mol. The quantitative estimate of drug-likeness (QED) is 0.379. The molecule has 43 heavy (non-hydrogen) atoms. The van der Waals surface area contributed by atoms with Crippen molar-refractivity contribution in [1.82, 2.24) is 10.1 Å². The Morgan fingerprint density at radius 1 is 1.26 bits per heavy atom. The number of aromatic nitrogens is 2. The lowest BCUT2D eigenvalue weighted by molar-refractivity contribution is -0.207. The first-order valence-corrected chi connectivity index (χ1v) is 15.3. The van der Waals surface area contributed by atoms with E-state index in [2.05, 4.69) is 30.9 Å². The van der Waals surface area contributed by atoms with Gasteiger partial charge in [0.05, 0.1) is 12.7 Å². The standard InChI is InChI=1S/C32H41BN2O8/c1-18-8-12-32-13-9-24(36)28(32)31(18,5)25(15-30(4,29(38)19(32)2)11-10-26-34-20(3)35-43-26)42-27(37)17-40-22-7-6-21-16-41-33(39)23(21)14-22/h6-7,10-11,14,18-19,25,28-29,38-39H,8-9,12-13,15-17H2,1-5H3/b11-10+/t18-,19+,25-,28+,29+,30-,31+,32+/m1/s1. The summed E-state index contributed by atoms with van der Waals surface area (Å²) in [7, 11) is -1.02. The zero-order valence-corrected chi connectivity index (χ0v) is 25.5. The molecule has 2 heterocycles. The van der Waals surface area contributed by atoms with Gasteiger partial charge in [-0.2, -0.15) is 4.98 Å². The number of hydrogen-bond donors (Lipinski definition) is 2. The molecule has 11 heteroatoms. The van der Waals surface area contributed by atoms with Gasteiger partial charge in [0.25, 0.3) is 0 Å². The van der Waals surface area contributed by atoms with Crippen LogP contribution in [0.15, 0.2) is 28.8 Å². The average Bonchev–Trinajstić information content (AvgIpc) is 3.68. The van der Waals surface area contributed by atoms with Crippen molar-refractivity contribution in [2.45, 2.75) is 85.5 Å². The van der Waals surface area contributed by atoms with Crippen molar-refractivity contribution in [3.63, 3.8) is 0 Å². The Labute approximate surface area is 252 Å². The summed E-state index contributed by atoms with van der Waals surface area (Å²) >= 11 is 0. The molecule has 230 valence electrons. The Hall–Kier alpha value is -3.02. The number of aliphatic hydroxyl groups excluding tert-OH is 1. The lowest BCUT2D eigenvalue weighted by Crippen LogP contribution is -2.63. The average molecular weight is 592 g/mol. The second kappa shape index (κ2) is 10.9. The molecular formula is C32H41BN2O8. The summed E-state index contributed by atoms with van der Waals surface area (Å²) in [6.07, 6.45) is 5.37. The van der Waals surface area contributed by atoms with Crippen LogP contribution in [0.5, 0.6) is 5.75 Å². The molecule has 0 amide bonds. The summed E-state index contributed by atoms with van der Waals surface area (Å²) < 4.78 is 22.7. The summed E-state index contributed by atoms with van der Waals surface area (Å²) in [5.74, 6) is 0.538. The first kappa shape index (κ1) is 30.0. The van der Waals surface area contributed by atoms with E-state index in [0.29, 0.717) is 42.4 Å².